The molecule has 0 atom stereocenters. The maximum Gasteiger partial charge on any atom is 0.227 e. The van der Waals surface area contributed by atoms with Crippen LogP contribution in [0.3, 0.4) is 0 Å². The number of hydrogen-bond acceptors (Lipinski definition) is 5. The summed E-state index contributed by atoms with van der Waals surface area (Å²) in [7, 11) is 0. The van der Waals surface area contributed by atoms with Crippen molar-refractivity contribution in [2.24, 2.45) is 5.73 Å². The lowest BCUT2D eigenvalue weighted by Crippen LogP contribution is -1.98. The van der Waals surface area contributed by atoms with Crippen molar-refractivity contribution in [2.45, 2.75) is 25.7 Å². The van der Waals surface area contributed by atoms with E-state index in [1.54, 1.807) is 6.20 Å². The van der Waals surface area contributed by atoms with Gasteiger partial charge in [0, 0.05) is 17.1 Å². The van der Waals surface area contributed by atoms with Crippen LogP contribution in [-0.4, -0.2) is 21.7 Å². The van der Waals surface area contributed by atoms with Gasteiger partial charge in [0.25, 0.3) is 0 Å². The van der Waals surface area contributed by atoms with E-state index in [9.17, 15) is 0 Å². The van der Waals surface area contributed by atoms with Gasteiger partial charge in [-0.15, -0.1) is 0 Å². The van der Waals surface area contributed by atoms with E-state index in [4.69, 9.17) is 10.3 Å². The van der Waals surface area contributed by atoms with Gasteiger partial charge in [-0.3, -0.25) is 4.98 Å². The molecule has 0 bridgehead atoms. The van der Waals surface area contributed by atoms with Crippen molar-refractivity contribution in [3.05, 3.63) is 28.7 Å². The Hall–Kier alpha value is -1.27. The number of unbranched alkanes of at least 4 members (excludes halogenated alkanes) is 2. The van der Waals surface area contributed by atoms with E-state index in [0.29, 0.717) is 17.4 Å². The molecular weight excluding hydrogens is 296 g/mol. The molecule has 0 aromatic carbocycles. The molecule has 96 valence electrons. The van der Waals surface area contributed by atoms with Crippen molar-refractivity contribution in [3.63, 3.8) is 0 Å². The van der Waals surface area contributed by atoms with Crippen molar-refractivity contribution in [2.75, 3.05) is 6.54 Å². The van der Waals surface area contributed by atoms with E-state index in [0.717, 1.165) is 36.7 Å². The van der Waals surface area contributed by atoms with Crippen molar-refractivity contribution in [1.82, 2.24) is 15.1 Å². The normalized spacial score (nSPS) is 10.8. The first kappa shape index (κ1) is 13.2. The van der Waals surface area contributed by atoms with Gasteiger partial charge in [-0.1, -0.05) is 11.6 Å². The van der Waals surface area contributed by atoms with Crippen LogP contribution in [0.15, 0.2) is 27.3 Å². The number of nitrogens with two attached hydrogens (primary N) is 1. The molecular formula is C12H15BrN4O. The predicted octanol–water partition coefficient (Wildman–Crippen LogP) is 2.57. The van der Waals surface area contributed by atoms with Gasteiger partial charge in [0.15, 0.2) is 0 Å². The van der Waals surface area contributed by atoms with Gasteiger partial charge in [0.1, 0.15) is 5.69 Å². The Morgan fingerprint density at radius 3 is 2.94 bits per heavy atom. The summed E-state index contributed by atoms with van der Waals surface area (Å²) in [6.07, 6.45) is 5.63. The second kappa shape index (κ2) is 6.61. The van der Waals surface area contributed by atoms with Crippen molar-refractivity contribution in [1.29, 1.82) is 0 Å². The molecule has 2 heterocycles. The summed E-state index contributed by atoms with van der Waals surface area (Å²) in [6.45, 7) is 0.732. The second-order valence-corrected chi connectivity index (χ2v) is 4.80. The Labute approximate surface area is 114 Å². The van der Waals surface area contributed by atoms with Gasteiger partial charge < -0.3 is 10.3 Å². The standard InChI is InChI=1S/C12H15BrN4O/c13-9-5-4-8-15-11(9)12-16-10(18-17-12)6-2-1-3-7-14/h4-5,8H,1-3,6-7,14H2. The van der Waals surface area contributed by atoms with Crippen LogP contribution in [-0.2, 0) is 6.42 Å². The second-order valence-electron chi connectivity index (χ2n) is 3.94. The topological polar surface area (TPSA) is 77.8 Å². The number of hydrogen-bond donors (Lipinski definition) is 1. The van der Waals surface area contributed by atoms with Gasteiger partial charge in [-0.25, -0.2) is 0 Å². The average Bonchev–Trinajstić information content (AvgIpc) is 2.84. The van der Waals surface area contributed by atoms with E-state index >= 15 is 0 Å². The molecule has 0 aliphatic carbocycles. The number of nitrogens with zero attached hydrogens (tertiary/aromatic N) is 3. The molecule has 0 fully saturated rings. The number of pyridine rings is 1. The van der Waals surface area contributed by atoms with Crippen molar-refractivity contribution >= 4 is 15.9 Å². The van der Waals surface area contributed by atoms with Gasteiger partial charge in [-0.05, 0) is 47.4 Å². The first-order valence-electron chi connectivity index (χ1n) is 5.95. The maximum absolute atomic E-state index is 5.44. The molecule has 0 saturated heterocycles. The molecule has 6 heteroatoms. The van der Waals surface area contributed by atoms with E-state index < -0.39 is 0 Å². The number of halogens is 1. The Kier molecular flexibility index (Phi) is 4.83. The van der Waals surface area contributed by atoms with E-state index in [2.05, 4.69) is 31.1 Å². The lowest BCUT2D eigenvalue weighted by molar-refractivity contribution is 0.374. The van der Waals surface area contributed by atoms with Crippen LogP contribution >= 0.6 is 15.9 Å². The molecule has 2 rings (SSSR count). The quantitative estimate of drug-likeness (QED) is 0.830. The Morgan fingerprint density at radius 1 is 1.28 bits per heavy atom. The molecule has 2 aromatic rings. The monoisotopic (exact) mass is 310 g/mol. The van der Waals surface area contributed by atoms with Gasteiger partial charge >= 0.3 is 0 Å². The summed E-state index contributed by atoms with van der Waals surface area (Å²) in [6, 6.07) is 3.75. The Bertz CT molecular complexity index is 500. The molecule has 0 saturated carbocycles. The summed E-state index contributed by atoms with van der Waals surface area (Å²) < 4.78 is 6.06. The fourth-order valence-electron chi connectivity index (χ4n) is 1.60. The van der Waals surface area contributed by atoms with Gasteiger partial charge in [0.2, 0.25) is 11.7 Å². The first-order valence-corrected chi connectivity index (χ1v) is 6.74. The highest BCUT2D eigenvalue weighted by Gasteiger charge is 2.12. The van der Waals surface area contributed by atoms with Crippen LogP contribution in [0.25, 0.3) is 11.5 Å². The maximum atomic E-state index is 5.44. The minimum Gasteiger partial charge on any atom is -0.339 e. The number of rotatable bonds is 6. The molecule has 0 aliphatic rings. The average molecular weight is 311 g/mol. The smallest absolute Gasteiger partial charge is 0.227 e. The summed E-state index contributed by atoms with van der Waals surface area (Å²) in [5.74, 6) is 1.18. The largest absolute Gasteiger partial charge is 0.339 e. The molecule has 18 heavy (non-hydrogen) atoms. The summed E-state index contributed by atoms with van der Waals surface area (Å²) in [4.78, 5) is 8.56. The highest BCUT2D eigenvalue weighted by Crippen LogP contribution is 2.23. The molecule has 0 amide bonds. The lowest BCUT2D eigenvalue weighted by atomic mass is 10.2. The van der Waals surface area contributed by atoms with Crippen molar-refractivity contribution in [3.8, 4) is 11.5 Å². The summed E-state index contributed by atoms with van der Waals surface area (Å²) in [5, 5.41) is 3.94. The van der Waals surface area contributed by atoms with Crippen LogP contribution in [0, 0.1) is 0 Å². The van der Waals surface area contributed by atoms with Crippen LogP contribution < -0.4 is 5.73 Å². The SMILES string of the molecule is NCCCCCc1nc(-c2ncccc2Br)no1. The highest BCUT2D eigenvalue weighted by atomic mass is 79.9. The number of aryl methyl sites for hydroxylation is 1. The molecule has 2 aromatic heterocycles. The predicted molar refractivity (Wildman–Crippen MR) is 71.8 cm³/mol. The number of aromatic nitrogens is 3. The molecule has 0 spiro atoms. The Balaban J connectivity index is 2.00. The van der Waals surface area contributed by atoms with Crippen LogP contribution in [0.2, 0.25) is 0 Å². The Morgan fingerprint density at radius 2 is 2.17 bits per heavy atom. The van der Waals surface area contributed by atoms with Crippen LogP contribution in [0.5, 0.6) is 0 Å². The third-order valence-corrected chi connectivity index (χ3v) is 3.17. The van der Waals surface area contributed by atoms with Crippen LogP contribution in [0.4, 0.5) is 0 Å². The fraction of sp³-hybridized carbons (Fsp3) is 0.417. The highest BCUT2D eigenvalue weighted by molar-refractivity contribution is 9.10. The first-order chi connectivity index (χ1) is 8.81. The zero-order valence-corrected chi connectivity index (χ0v) is 11.6. The minimum absolute atomic E-state index is 0.524. The van der Waals surface area contributed by atoms with E-state index in [1.807, 2.05) is 12.1 Å². The molecule has 0 radical (unpaired) electrons. The van der Waals surface area contributed by atoms with Gasteiger partial charge in [0.05, 0.1) is 0 Å². The van der Waals surface area contributed by atoms with Crippen LogP contribution in [0.1, 0.15) is 25.2 Å². The van der Waals surface area contributed by atoms with Crippen molar-refractivity contribution < 1.29 is 4.52 Å². The van der Waals surface area contributed by atoms with E-state index in [-0.39, 0.29) is 0 Å². The molecule has 5 nitrogen and oxygen atoms in total. The third kappa shape index (κ3) is 3.36. The van der Waals surface area contributed by atoms with Gasteiger partial charge in [-0.2, -0.15) is 4.98 Å². The lowest BCUT2D eigenvalue weighted by Gasteiger charge is -1.95. The molecule has 2 N–H and O–H groups in total. The third-order valence-electron chi connectivity index (χ3n) is 2.53. The summed E-state index contributed by atoms with van der Waals surface area (Å²) in [5.41, 5.74) is 6.14. The fourth-order valence-corrected chi connectivity index (χ4v) is 2.03. The zero-order valence-electron chi connectivity index (χ0n) is 9.97. The zero-order chi connectivity index (χ0) is 12.8. The van der Waals surface area contributed by atoms with E-state index in [1.165, 1.54) is 0 Å². The molecule has 0 aliphatic heterocycles. The summed E-state index contributed by atoms with van der Waals surface area (Å²) >= 11 is 3.42. The molecule has 0 unspecified atom stereocenters. The minimum atomic E-state index is 0.524.